The van der Waals surface area contributed by atoms with Gasteiger partial charge in [0.2, 0.25) is 0 Å². The summed E-state index contributed by atoms with van der Waals surface area (Å²) >= 11 is 0. The molecule has 2 amide bonds. The van der Waals surface area contributed by atoms with Gasteiger partial charge < -0.3 is 15.6 Å². The standard InChI is InChI=1S/C26H18N4O4/c31-25(16-9-11-20(12-10-16)30(33)34)28-19-5-1-4-17(14-19)21-7-2-8-23-24(21)22(26(32)29-23)15-18-6-3-13-27-18/h1-15,27H,(H,28,31)(H,29,32)/b22-15-. The van der Waals surface area contributed by atoms with Crippen molar-refractivity contribution >= 4 is 40.5 Å². The highest BCUT2D eigenvalue weighted by atomic mass is 16.6. The van der Waals surface area contributed by atoms with Crippen LogP contribution in [0.4, 0.5) is 17.1 Å². The topological polar surface area (TPSA) is 117 Å². The molecule has 4 aromatic rings. The molecule has 0 saturated carbocycles. The molecule has 166 valence electrons. The van der Waals surface area contributed by atoms with Crippen molar-refractivity contribution in [3.63, 3.8) is 0 Å². The molecule has 0 fully saturated rings. The van der Waals surface area contributed by atoms with Gasteiger partial charge >= 0.3 is 0 Å². The molecule has 2 heterocycles. The number of carbonyl (C=O) groups is 2. The summed E-state index contributed by atoms with van der Waals surface area (Å²) in [6, 6.07) is 22.1. The molecule has 0 unspecified atom stereocenters. The van der Waals surface area contributed by atoms with Gasteiger partial charge in [0.25, 0.3) is 17.5 Å². The molecule has 34 heavy (non-hydrogen) atoms. The van der Waals surface area contributed by atoms with Crippen molar-refractivity contribution < 1.29 is 14.5 Å². The lowest BCUT2D eigenvalue weighted by atomic mass is 9.94. The largest absolute Gasteiger partial charge is 0.362 e. The van der Waals surface area contributed by atoms with E-state index in [1.807, 2.05) is 54.6 Å². The summed E-state index contributed by atoms with van der Waals surface area (Å²) < 4.78 is 0. The van der Waals surface area contributed by atoms with Crippen LogP contribution in [0.15, 0.2) is 85.1 Å². The average Bonchev–Trinajstić information content (AvgIpc) is 3.47. The van der Waals surface area contributed by atoms with E-state index in [9.17, 15) is 19.7 Å². The van der Waals surface area contributed by atoms with E-state index < -0.39 is 4.92 Å². The van der Waals surface area contributed by atoms with E-state index in [-0.39, 0.29) is 17.5 Å². The van der Waals surface area contributed by atoms with E-state index >= 15 is 0 Å². The minimum absolute atomic E-state index is 0.0807. The number of aromatic amines is 1. The van der Waals surface area contributed by atoms with Crippen LogP contribution in [-0.2, 0) is 4.79 Å². The second-order valence-electron chi connectivity index (χ2n) is 7.70. The van der Waals surface area contributed by atoms with Crippen LogP contribution >= 0.6 is 0 Å². The van der Waals surface area contributed by atoms with Gasteiger partial charge in [-0.25, -0.2) is 0 Å². The summed E-state index contributed by atoms with van der Waals surface area (Å²) in [6.07, 6.45) is 3.61. The molecule has 8 nitrogen and oxygen atoms in total. The number of nitrogens with one attached hydrogen (secondary N) is 3. The van der Waals surface area contributed by atoms with Crippen molar-refractivity contribution in [2.24, 2.45) is 0 Å². The van der Waals surface area contributed by atoms with Crippen molar-refractivity contribution in [2.75, 3.05) is 10.6 Å². The lowest BCUT2D eigenvalue weighted by Crippen LogP contribution is -2.11. The number of hydrogen-bond donors (Lipinski definition) is 3. The second kappa shape index (κ2) is 8.51. The van der Waals surface area contributed by atoms with Crippen LogP contribution in [0.3, 0.4) is 0 Å². The van der Waals surface area contributed by atoms with E-state index in [0.717, 1.165) is 28.1 Å². The normalized spacial score (nSPS) is 13.4. The maximum absolute atomic E-state index is 12.7. The van der Waals surface area contributed by atoms with Gasteiger partial charge in [0.15, 0.2) is 0 Å². The average molecular weight is 450 g/mol. The van der Waals surface area contributed by atoms with Gasteiger partial charge in [-0.1, -0.05) is 24.3 Å². The van der Waals surface area contributed by atoms with E-state index in [1.165, 1.54) is 24.3 Å². The first kappa shape index (κ1) is 20.9. The number of carbonyl (C=O) groups excluding carboxylic acids is 2. The summed E-state index contributed by atoms with van der Waals surface area (Å²) in [5.74, 6) is -0.561. The van der Waals surface area contributed by atoms with Crippen LogP contribution in [0, 0.1) is 10.1 Å². The number of anilines is 2. The molecular formula is C26H18N4O4. The predicted octanol–water partition coefficient (Wildman–Crippen LogP) is 5.33. The Hall–Kier alpha value is -4.98. The monoisotopic (exact) mass is 450 g/mol. The van der Waals surface area contributed by atoms with Gasteiger partial charge in [0.05, 0.1) is 10.5 Å². The van der Waals surface area contributed by atoms with Gasteiger partial charge in [-0.2, -0.15) is 0 Å². The highest BCUT2D eigenvalue weighted by molar-refractivity contribution is 6.36. The molecule has 1 aliphatic heterocycles. The zero-order valence-corrected chi connectivity index (χ0v) is 17.7. The fourth-order valence-electron chi connectivity index (χ4n) is 3.92. The third-order valence-corrected chi connectivity index (χ3v) is 5.52. The Balaban J connectivity index is 1.47. The van der Waals surface area contributed by atoms with Crippen LogP contribution in [0.25, 0.3) is 22.8 Å². The number of aromatic nitrogens is 1. The van der Waals surface area contributed by atoms with Crippen LogP contribution in [0.1, 0.15) is 21.6 Å². The van der Waals surface area contributed by atoms with Crippen LogP contribution in [0.5, 0.6) is 0 Å². The number of benzene rings is 3. The molecule has 0 atom stereocenters. The second-order valence-corrected chi connectivity index (χ2v) is 7.70. The van der Waals surface area contributed by atoms with Gasteiger partial charge in [-0.3, -0.25) is 19.7 Å². The Labute approximate surface area is 194 Å². The molecule has 3 aromatic carbocycles. The maximum Gasteiger partial charge on any atom is 0.269 e. The number of nitro benzene ring substituents is 1. The molecule has 1 aliphatic rings. The van der Waals surface area contributed by atoms with Crippen molar-refractivity contribution in [1.29, 1.82) is 0 Å². The quantitative estimate of drug-likeness (QED) is 0.216. The van der Waals surface area contributed by atoms with Gasteiger partial charge in [-0.15, -0.1) is 0 Å². The number of H-pyrrole nitrogens is 1. The predicted molar refractivity (Wildman–Crippen MR) is 130 cm³/mol. The minimum atomic E-state index is -0.512. The van der Waals surface area contributed by atoms with Crippen LogP contribution in [-0.4, -0.2) is 21.7 Å². The highest BCUT2D eigenvalue weighted by Gasteiger charge is 2.27. The zero-order valence-electron chi connectivity index (χ0n) is 17.7. The third-order valence-electron chi connectivity index (χ3n) is 5.52. The third kappa shape index (κ3) is 3.95. The zero-order chi connectivity index (χ0) is 23.7. The maximum atomic E-state index is 12.7. The highest BCUT2D eigenvalue weighted by Crippen LogP contribution is 2.40. The Kier molecular flexibility index (Phi) is 5.23. The van der Waals surface area contributed by atoms with Crippen molar-refractivity contribution in [3.8, 4) is 11.1 Å². The number of non-ortho nitro benzene ring substituents is 1. The molecule has 0 aliphatic carbocycles. The first-order chi connectivity index (χ1) is 16.5. The Morgan fingerprint density at radius 3 is 2.50 bits per heavy atom. The van der Waals surface area contributed by atoms with Gasteiger partial charge in [0.1, 0.15) is 0 Å². The smallest absolute Gasteiger partial charge is 0.269 e. The Morgan fingerprint density at radius 2 is 1.76 bits per heavy atom. The summed E-state index contributed by atoms with van der Waals surface area (Å²) in [5.41, 5.74) is 5.34. The van der Waals surface area contributed by atoms with Gasteiger partial charge in [0, 0.05) is 46.5 Å². The number of amides is 2. The summed E-state index contributed by atoms with van der Waals surface area (Å²) in [6.45, 7) is 0. The van der Waals surface area contributed by atoms with Crippen molar-refractivity contribution in [3.05, 3.63) is 112 Å². The van der Waals surface area contributed by atoms with E-state index in [4.69, 9.17) is 0 Å². The van der Waals surface area contributed by atoms with E-state index in [1.54, 1.807) is 12.3 Å². The van der Waals surface area contributed by atoms with Crippen molar-refractivity contribution in [1.82, 2.24) is 4.98 Å². The molecule has 5 rings (SSSR count). The first-order valence-corrected chi connectivity index (χ1v) is 10.5. The first-order valence-electron chi connectivity index (χ1n) is 10.5. The fourth-order valence-corrected chi connectivity index (χ4v) is 3.92. The summed E-state index contributed by atoms with van der Waals surface area (Å²) in [5, 5.41) is 16.6. The lowest BCUT2D eigenvalue weighted by Gasteiger charge is -2.11. The number of hydrogen-bond acceptors (Lipinski definition) is 4. The number of rotatable bonds is 5. The Morgan fingerprint density at radius 1 is 0.971 bits per heavy atom. The van der Waals surface area contributed by atoms with Crippen LogP contribution in [0.2, 0.25) is 0 Å². The fraction of sp³-hybridized carbons (Fsp3) is 0. The van der Waals surface area contributed by atoms with Crippen molar-refractivity contribution in [2.45, 2.75) is 0 Å². The lowest BCUT2D eigenvalue weighted by molar-refractivity contribution is -0.384. The Bertz CT molecular complexity index is 1450. The number of fused-ring (bicyclic) bond motifs is 1. The van der Waals surface area contributed by atoms with E-state index in [0.29, 0.717) is 16.8 Å². The molecule has 3 N–H and O–H groups in total. The molecular weight excluding hydrogens is 432 g/mol. The van der Waals surface area contributed by atoms with Gasteiger partial charge in [-0.05, 0) is 59.7 Å². The van der Waals surface area contributed by atoms with Crippen LogP contribution < -0.4 is 10.6 Å². The number of nitro groups is 1. The molecule has 0 bridgehead atoms. The molecule has 0 spiro atoms. The number of nitrogens with zero attached hydrogens (tertiary/aromatic N) is 1. The minimum Gasteiger partial charge on any atom is -0.362 e. The molecule has 1 aromatic heterocycles. The molecule has 0 saturated heterocycles. The molecule has 0 radical (unpaired) electrons. The summed E-state index contributed by atoms with van der Waals surface area (Å²) in [7, 11) is 0. The SMILES string of the molecule is O=C1Nc2cccc(-c3cccc(NC(=O)c4ccc([N+](=O)[O-])cc4)c3)c2/C1=C/c1ccc[nH]1. The van der Waals surface area contributed by atoms with E-state index in [2.05, 4.69) is 15.6 Å². The summed E-state index contributed by atoms with van der Waals surface area (Å²) in [4.78, 5) is 38.7. The molecule has 8 heteroatoms.